The Kier molecular flexibility index (Phi) is 7.78. The third-order valence-corrected chi connectivity index (χ3v) is 4.69. The van der Waals surface area contributed by atoms with E-state index in [0.29, 0.717) is 53.1 Å². The number of hydrogen-bond acceptors (Lipinski definition) is 7. The molecule has 0 amide bonds. The number of nitrogens with one attached hydrogen (secondary N) is 2. The average Bonchev–Trinajstić information content (AvgIpc) is 3.02. The maximum atomic E-state index is 12.0. The second-order valence-corrected chi connectivity index (χ2v) is 6.21. The number of carbonyl (C=O) groups is 1. The summed E-state index contributed by atoms with van der Waals surface area (Å²) < 4.78 is 4.77. The molecule has 0 atom stereocenters. The summed E-state index contributed by atoms with van der Waals surface area (Å²) in [5, 5.41) is 32.4. The zero-order valence-electron chi connectivity index (χ0n) is 15.0. The van der Waals surface area contributed by atoms with Crippen molar-refractivity contribution in [2.45, 2.75) is 26.4 Å². The minimum Gasteiger partial charge on any atom is -0.464 e. The highest BCUT2D eigenvalue weighted by Crippen LogP contribution is 2.38. The van der Waals surface area contributed by atoms with Crippen LogP contribution in [0, 0.1) is 0 Å². The van der Waals surface area contributed by atoms with Gasteiger partial charge in [-0.2, -0.15) is 0 Å². The molecule has 0 radical (unpaired) electrons. The van der Waals surface area contributed by atoms with Crippen LogP contribution in [0.25, 0.3) is 11.1 Å². The number of methoxy groups -OCH3 is 1. The summed E-state index contributed by atoms with van der Waals surface area (Å²) in [7, 11) is 1.25. The zero-order valence-corrected chi connectivity index (χ0v) is 15.8. The van der Waals surface area contributed by atoms with Crippen molar-refractivity contribution in [3.8, 4) is 11.1 Å². The predicted octanol–water partition coefficient (Wildman–Crippen LogP) is 0.647. The second kappa shape index (κ2) is 9.84. The molecule has 148 valence electrons. The molecule has 0 aliphatic carbocycles. The first-order valence-corrected chi connectivity index (χ1v) is 8.77. The van der Waals surface area contributed by atoms with Gasteiger partial charge in [-0.05, 0) is 22.3 Å². The van der Waals surface area contributed by atoms with Crippen LogP contribution < -0.4 is 11.1 Å². The van der Waals surface area contributed by atoms with Crippen molar-refractivity contribution >= 4 is 17.6 Å². The van der Waals surface area contributed by atoms with Crippen molar-refractivity contribution in [1.29, 1.82) is 0 Å². The number of aromatic amines is 1. The molecular formula is C18H24ClN3O5. The third-order valence-electron chi connectivity index (χ3n) is 4.31. The van der Waals surface area contributed by atoms with Crippen molar-refractivity contribution < 1.29 is 24.9 Å². The Hall–Kier alpha value is -1.94. The van der Waals surface area contributed by atoms with Gasteiger partial charge in [0, 0.05) is 30.9 Å². The number of benzene rings is 1. The van der Waals surface area contributed by atoms with Crippen LogP contribution in [0.1, 0.15) is 32.9 Å². The van der Waals surface area contributed by atoms with E-state index < -0.39 is 5.97 Å². The number of aliphatic hydroxyl groups excluding tert-OH is 3. The third kappa shape index (κ3) is 4.32. The highest BCUT2D eigenvalue weighted by atomic mass is 35.5. The molecule has 2 rings (SSSR count). The standard InChI is InChI=1S/C18H24ClN3O5/c1-27-18(26)17-16(19)15(14(22-17)6-21-5-4-20)11-3-2-10(7-23)12(8-24)13(11)9-25/h2-3,21-25H,4-9,20H2,1H3. The van der Waals surface area contributed by atoms with E-state index in [0.717, 1.165) is 0 Å². The van der Waals surface area contributed by atoms with E-state index >= 15 is 0 Å². The van der Waals surface area contributed by atoms with E-state index in [1.807, 2.05) is 0 Å². The number of nitrogens with two attached hydrogens (primary N) is 1. The quantitative estimate of drug-likeness (QED) is 0.269. The molecule has 0 spiro atoms. The summed E-state index contributed by atoms with van der Waals surface area (Å²) in [5.74, 6) is -0.619. The van der Waals surface area contributed by atoms with Crippen LogP contribution in [0.4, 0.5) is 0 Å². The first-order chi connectivity index (χ1) is 13.0. The van der Waals surface area contributed by atoms with Gasteiger partial charge in [0.25, 0.3) is 0 Å². The number of hydrogen-bond donors (Lipinski definition) is 6. The molecule has 1 aromatic heterocycles. The average molecular weight is 398 g/mol. The number of aliphatic hydroxyl groups is 3. The number of esters is 1. The summed E-state index contributed by atoms with van der Waals surface area (Å²) in [4.78, 5) is 15.0. The lowest BCUT2D eigenvalue weighted by atomic mass is 9.92. The van der Waals surface area contributed by atoms with E-state index in [1.54, 1.807) is 12.1 Å². The molecule has 1 aromatic carbocycles. The van der Waals surface area contributed by atoms with Gasteiger partial charge in [0.2, 0.25) is 0 Å². The number of rotatable bonds is 9. The van der Waals surface area contributed by atoms with Crippen LogP contribution in [0.5, 0.6) is 0 Å². The van der Waals surface area contributed by atoms with Gasteiger partial charge in [-0.3, -0.25) is 0 Å². The lowest BCUT2D eigenvalue weighted by Crippen LogP contribution is -2.22. The minimum atomic E-state index is -0.619. The molecular weight excluding hydrogens is 374 g/mol. The number of H-pyrrole nitrogens is 1. The molecule has 8 nitrogen and oxygen atoms in total. The fourth-order valence-corrected chi connectivity index (χ4v) is 3.34. The lowest BCUT2D eigenvalue weighted by molar-refractivity contribution is 0.0595. The summed E-state index contributed by atoms with van der Waals surface area (Å²) in [6, 6.07) is 3.34. The Morgan fingerprint density at radius 1 is 1.22 bits per heavy atom. The van der Waals surface area contributed by atoms with Gasteiger partial charge in [0.1, 0.15) is 5.69 Å². The van der Waals surface area contributed by atoms with Crippen LogP contribution in [-0.2, 0) is 31.1 Å². The molecule has 0 unspecified atom stereocenters. The van der Waals surface area contributed by atoms with Gasteiger partial charge in [-0.1, -0.05) is 23.7 Å². The van der Waals surface area contributed by atoms with Crippen LogP contribution in [0.3, 0.4) is 0 Å². The Balaban J connectivity index is 2.68. The molecule has 0 fully saturated rings. The topological polar surface area (TPSA) is 141 Å². The van der Waals surface area contributed by atoms with E-state index in [4.69, 9.17) is 22.1 Å². The van der Waals surface area contributed by atoms with Crippen molar-refractivity contribution in [2.24, 2.45) is 5.73 Å². The number of aromatic nitrogens is 1. The SMILES string of the molecule is COC(=O)c1[nH]c(CNCCN)c(-c2ccc(CO)c(CO)c2CO)c1Cl. The van der Waals surface area contributed by atoms with Crippen molar-refractivity contribution in [3.63, 3.8) is 0 Å². The fourth-order valence-electron chi connectivity index (χ4n) is 3.00. The first-order valence-electron chi connectivity index (χ1n) is 8.39. The minimum absolute atomic E-state index is 0.0967. The van der Waals surface area contributed by atoms with Gasteiger partial charge in [-0.25, -0.2) is 4.79 Å². The summed E-state index contributed by atoms with van der Waals surface area (Å²) >= 11 is 6.47. The maximum absolute atomic E-state index is 12.0. The Morgan fingerprint density at radius 2 is 1.93 bits per heavy atom. The summed E-state index contributed by atoms with van der Waals surface area (Å²) in [6.07, 6.45) is 0. The van der Waals surface area contributed by atoms with Crippen molar-refractivity contribution in [2.75, 3.05) is 20.2 Å². The molecule has 1 heterocycles. The molecule has 27 heavy (non-hydrogen) atoms. The van der Waals surface area contributed by atoms with Gasteiger partial charge in [0.15, 0.2) is 0 Å². The Bertz CT molecular complexity index is 807. The highest BCUT2D eigenvalue weighted by Gasteiger charge is 2.25. The number of halogens is 1. The number of carbonyl (C=O) groups excluding carboxylic acids is 1. The molecule has 0 saturated carbocycles. The van der Waals surface area contributed by atoms with Gasteiger partial charge < -0.3 is 36.1 Å². The van der Waals surface area contributed by atoms with Crippen molar-refractivity contribution in [3.05, 3.63) is 45.2 Å². The predicted molar refractivity (Wildman–Crippen MR) is 101 cm³/mol. The maximum Gasteiger partial charge on any atom is 0.356 e. The van der Waals surface area contributed by atoms with Crippen LogP contribution in [0.2, 0.25) is 5.02 Å². The fraction of sp³-hybridized carbons (Fsp3) is 0.389. The van der Waals surface area contributed by atoms with Crippen molar-refractivity contribution in [1.82, 2.24) is 10.3 Å². The first kappa shape index (κ1) is 21.4. The van der Waals surface area contributed by atoms with Crippen LogP contribution >= 0.6 is 11.6 Å². The lowest BCUT2D eigenvalue weighted by Gasteiger charge is -2.16. The van der Waals surface area contributed by atoms with Gasteiger partial charge in [0.05, 0.1) is 32.0 Å². The molecule has 0 saturated heterocycles. The van der Waals surface area contributed by atoms with E-state index in [2.05, 4.69) is 10.3 Å². The van der Waals surface area contributed by atoms with E-state index in [9.17, 15) is 20.1 Å². The molecule has 2 aromatic rings. The molecule has 7 N–H and O–H groups in total. The van der Waals surface area contributed by atoms with Gasteiger partial charge >= 0.3 is 5.97 Å². The van der Waals surface area contributed by atoms with E-state index in [1.165, 1.54) is 7.11 Å². The Labute approximate surface area is 161 Å². The normalized spacial score (nSPS) is 11.0. The molecule has 0 aliphatic rings. The Morgan fingerprint density at radius 3 is 2.48 bits per heavy atom. The van der Waals surface area contributed by atoms with Crippen LogP contribution in [0.15, 0.2) is 12.1 Å². The zero-order chi connectivity index (χ0) is 20.0. The molecule has 0 aliphatic heterocycles. The smallest absolute Gasteiger partial charge is 0.356 e. The molecule has 0 bridgehead atoms. The summed E-state index contributed by atoms with van der Waals surface area (Å²) in [5.41, 5.74) is 8.66. The summed E-state index contributed by atoms with van der Waals surface area (Å²) in [6.45, 7) is 0.347. The van der Waals surface area contributed by atoms with E-state index in [-0.39, 0.29) is 30.5 Å². The van der Waals surface area contributed by atoms with Gasteiger partial charge in [-0.15, -0.1) is 0 Å². The highest BCUT2D eigenvalue weighted by molar-refractivity contribution is 6.36. The largest absolute Gasteiger partial charge is 0.464 e. The van der Waals surface area contributed by atoms with Crippen LogP contribution in [-0.4, -0.2) is 46.5 Å². The monoisotopic (exact) mass is 397 g/mol. The second-order valence-electron chi connectivity index (χ2n) is 5.83. The molecule has 9 heteroatoms. The number of ether oxygens (including phenoxy) is 1.